The molecule has 1 aromatic heterocycles. The second kappa shape index (κ2) is 6.95. The molecule has 6 heteroatoms. The smallest absolute Gasteiger partial charge is 0.341 e. The topological polar surface area (TPSA) is 59.3 Å². The molecule has 128 valence electrons. The first-order valence-electron chi connectivity index (χ1n) is 7.65. The molecule has 0 spiro atoms. The number of rotatable bonds is 5. The molecule has 4 nitrogen and oxygen atoms in total. The highest BCUT2D eigenvalue weighted by atomic mass is 19.3. The number of nitrogens with zero attached hydrogens (tertiary/aromatic N) is 1. The molecule has 0 aliphatic rings. The quantitative estimate of drug-likeness (QED) is 0.879. The van der Waals surface area contributed by atoms with Crippen molar-refractivity contribution in [2.45, 2.75) is 39.7 Å². The highest BCUT2D eigenvalue weighted by Gasteiger charge is 2.21. The third kappa shape index (κ3) is 3.22. The lowest BCUT2D eigenvalue weighted by molar-refractivity contribution is 0.0694. The Morgan fingerprint density at radius 1 is 1.33 bits per heavy atom. The summed E-state index contributed by atoms with van der Waals surface area (Å²) >= 11 is 0. The summed E-state index contributed by atoms with van der Waals surface area (Å²) in [5.74, 6) is -1.33. The van der Waals surface area contributed by atoms with E-state index >= 15 is 0 Å². The number of hydrogen-bond acceptors (Lipinski definition) is 2. The van der Waals surface area contributed by atoms with E-state index < -0.39 is 17.8 Å². The van der Waals surface area contributed by atoms with Crippen LogP contribution in [0.5, 0.6) is 0 Å². The van der Waals surface area contributed by atoms with E-state index in [0.29, 0.717) is 11.3 Å². The zero-order valence-corrected chi connectivity index (χ0v) is 13.7. The summed E-state index contributed by atoms with van der Waals surface area (Å²) in [7, 11) is 0. The SMILES string of the molecule is CC[C@@H](C)n1cc(C(=O)O)c(=O)c(-c2cccc(C(F)F)c2)c1C. The molecule has 0 aliphatic carbocycles. The van der Waals surface area contributed by atoms with Crippen LogP contribution in [0.2, 0.25) is 0 Å². The number of carboxylic acid groups (broad SMARTS) is 1. The van der Waals surface area contributed by atoms with Crippen molar-refractivity contribution in [1.82, 2.24) is 4.57 Å². The van der Waals surface area contributed by atoms with Crippen molar-refractivity contribution in [3.63, 3.8) is 0 Å². The largest absolute Gasteiger partial charge is 0.477 e. The van der Waals surface area contributed by atoms with E-state index in [4.69, 9.17) is 0 Å². The van der Waals surface area contributed by atoms with Gasteiger partial charge in [0.25, 0.3) is 6.43 Å². The number of benzene rings is 1. The maximum Gasteiger partial charge on any atom is 0.341 e. The summed E-state index contributed by atoms with van der Waals surface area (Å²) in [6.07, 6.45) is -0.599. The Bertz CT molecular complexity index is 827. The summed E-state index contributed by atoms with van der Waals surface area (Å²) in [6.45, 7) is 5.55. The van der Waals surface area contributed by atoms with Gasteiger partial charge in [-0.05, 0) is 31.9 Å². The van der Waals surface area contributed by atoms with Crippen molar-refractivity contribution < 1.29 is 18.7 Å². The van der Waals surface area contributed by atoms with Gasteiger partial charge in [0.2, 0.25) is 5.43 Å². The predicted octanol–water partition coefficient (Wildman–Crippen LogP) is 4.43. The van der Waals surface area contributed by atoms with Gasteiger partial charge in [-0.3, -0.25) is 4.79 Å². The van der Waals surface area contributed by atoms with Crippen molar-refractivity contribution in [3.05, 3.63) is 57.5 Å². The molecule has 0 bridgehead atoms. The highest BCUT2D eigenvalue weighted by Crippen LogP contribution is 2.27. The second-order valence-corrected chi connectivity index (χ2v) is 5.73. The zero-order valence-electron chi connectivity index (χ0n) is 13.7. The Morgan fingerprint density at radius 3 is 2.54 bits per heavy atom. The van der Waals surface area contributed by atoms with Crippen LogP contribution in [0.3, 0.4) is 0 Å². The Labute approximate surface area is 138 Å². The number of alkyl halides is 2. The molecular weight excluding hydrogens is 316 g/mol. The lowest BCUT2D eigenvalue weighted by atomic mass is 9.98. The minimum atomic E-state index is -2.66. The zero-order chi connectivity index (χ0) is 18.0. The fourth-order valence-corrected chi connectivity index (χ4v) is 2.70. The summed E-state index contributed by atoms with van der Waals surface area (Å²) in [6, 6.07) is 5.47. The van der Waals surface area contributed by atoms with Crippen LogP contribution in [-0.2, 0) is 0 Å². The summed E-state index contributed by atoms with van der Waals surface area (Å²) < 4.78 is 27.6. The molecular formula is C18H19F2NO3. The van der Waals surface area contributed by atoms with Crippen LogP contribution < -0.4 is 5.43 Å². The van der Waals surface area contributed by atoms with Crippen molar-refractivity contribution in [1.29, 1.82) is 0 Å². The first-order chi connectivity index (χ1) is 11.3. The molecule has 0 aliphatic heterocycles. The van der Waals surface area contributed by atoms with E-state index in [1.54, 1.807) is 17.6 Å². The van der Waals surface area contributed by atoms with Gasteiger partial charge < -0.3 is 9.67 Å². The summed E-state index contributed by atoms with van der Waals surface area (Å²) in [4.78, 5) is 24.0. The molecule has 1 atom stereocenters. The van der Waals surface area contributed by atoms with E-state index in [-0.39, 0.29) is 22.7 Å². The van der Waals surface area contributed by atoms with Crippen LogP contribution in [0.4, 0.5) is 8.78 Å². The standard InChI is InChI=1S/C18H19F2NO3/c1-4-10(2)21-9-14(18(23)24)16(22)15(11(21)3)12-6-5-7-13(8-12)17(19)20/h5-10,17H,4H2,1-3H3,(H,23,24)/t10-/m1/s1. The number of carboxylic acids is 1. The summed E-state index contributed by atoms with van der Waals surface area (Å²) in [5.41, 5.74) is -0.217. The Balaban J connectivity index is 2.82. The van der Waals surface area contributed by atoms with Crippen molar-refractivity contribution in [2.24, 2.45) is 0 Å². The van der Waals surface area contributed by atoms with Gasteiger partial charge in [0.05, 0.1) is 0 Å². The number of halogens is 2. The van der Waals surface area contributed by atoms with Gasteiger partial charge in [-0.2, -0.15) is 0 Å². The Morgan fingerprint density at radius 2 is 2.00 bits per heavy atom. The van der Waals surface area contributed by atoms with Gasteiger partial charge in [-0.15, -0.1) is 0 Å². The van der Waals surface area contributed by atoms with Crippen molar-refractivity contribution >= 4 is 5.97 Å². The average molecular weight is 335 g/mol. The van der Waals surface area contributed by atoms with Gasteiger partial charge in [0, 0.05) is 29.1 Å². The number of pyridine rings is 1. The third-order valence-corrected chi connectivity index (χ3v) is 4.21. The van der Waals surface area contributed by atoms with Crippen LogP contribution in [0.15, 0.2) is 35.3 Å². The maximum absolute atomic E-state index is 13.0. The van der Waals surface area contributed by atoms with E-state index in [9.17, 15) is 23.5 Å². The minimum Gasteiger partial charge on any atom is -0.477 e. The van der Waals surface area contributed by atoms with Crippen LogP contribution in [0, 0.1) is 6.92 Å². The number of carbonyl (C=O) groups is 1. The highest BCUT2D eigenvalue weighted by molar-refractivity contribution is 5.89. The normalized spacial score (nSPS) is 12.4. The maximum atomic E-state index is 13.0. The molecule has 0 radical (unpaired) electrons. The van der Waals surface area contributed by atoms with Crippen LogP contribution in [0.25, 0.3) is 11.1 Å². The molecule has 0 fully saturated rings. The van der Waals surface area contributed by atoms with Crippen molar-refractivity contribution in [3.8, 4) is 11.1 Å². The second-order valence-electron chi connectivity index (χ2n) is 5.73. The predicted molar refractivity (Wildman–Crippen MR) is 87.8 cm³/mol. The molecule has 0 saturated carbocycles. The van der Waals surface area contributed by atoms with Gasteiger partial charge in [-0.1, -0.05) is 25.1 Å². The minimum absolute atomic E-state index is 0.0271. The Hall–Kier alpha value is -2.50. The van der Waals surface area contributed by atoms with Crippen LogP contribution >= 0.6 is 0 Å². The molecule has 1 heterocycles. The monoisotopic (exact) mass is 335 g/mol. The lowest BCUT2D eigenvalue weighted by Gasteiger charge is -2.21. The fourth-order valence-electron chi connectivity index (χ4n) is 2.70. The van der Waals surface area contributed by atoms with Crippen LogP contribution in [0.1, 0.15) is 54.4 Å². The van der Waals surface area contributed by atoms with Gasteiger partial charge in [0.1, 0.15) is 5.56 Å². The van der Waals surface area contributed by atoms with E-state index in [2.05, 4.69) is 0 Å². The van der Waals surface area contributed by atoms with Crippen molar-refractivity contribution in [2.75, 3.05) is 0 Å². The molecule has 0 saturated heterocycles. The molecule has 2 aromatic rings. The van der Waals surface area contributed by atoms with E-state index in [1.165, 1.54) is 24.4 Å². The molecule has 24 heavy (non-hydrogen) atoms. The van der Waals surface area contributed by atoms with E-state index in [1.807, 2.05) is 13.8 Å². The summed E-state index contributed by atoms with van der Waals surface area (Å²) in [5, 5.41) is 9.32. The molecule has 0 amide bonds. The molecule has 1 N–H and O–H groups in total. The number of aromatic carboxylic acids is 1. The lowest BCUT2D eigenvalue weighted by Crippen LogP contribution is -2.23. The van der Waals surface area contributed by atoms with Gasteiger partial charge >= 0.3 is 5.97 Å². The van der Waals surface area contributed by atoms with Crippen LogP contribution in [-0.4, -0.2) is 15.6 Å². The molecule has 2 rings (SSSR count). The van der Waals surface area contributed by atoms with Gasteiger partial charge in [-0.25, -0.2) is 13.6 Å². The molecule has 0 unspecified atom stereocenters. The average Bonchev–Trinajstić information content (AvgIpc) is 2.54. The molecule has 1 aromatic carbocycles. The Kier molecular flexibility index (Phi) is 5.17. The number of aromatic nitrogens is 1. The fraction of sp³-hybridized carbons (Fsp3) is 0.333. The first-order valence-corrected chi connectivity index (χ1v) is 7.65. The van der Waals surface area contributed by atoms with E-state index in [0.717, 1.165) is 6.42 Å². The third-order valence-electron chi connectivity index (χ3n) is 4.21. The van der Waals surface area contributed by atoms with Gasteiger partial charge in [0.15, 0.2) is 0 Å². The first kappa shape index (κ1) is 17.8. The number of hydrogen-bond donors (Lipinski definition) is 1.